The highest BCUT2D eigenvalue weighted by atomic mass is 16.7. The van der Waals surface area contributed by atoms with E-state index in [1.54, 1.807) is 0 Å². The first kappa shape index (κ1) is 15.8. The fourth-order valence-corrected chi connectivity index (χ4v) is 2.69. The molecule has 19 heavy (non-hydrogen) atoms. The highest BCUT2D eigenvalue weighted by molar-refractivity contribution is 5.61. The highest BCUT2D eigenvalue weighted by Crippen LogP contribution is 2.41. The quantitative estimate of drug-likeness (QED) is 0.560. The summed E-state index contributed by atoms with van der Waals surface area (Å²) in [7, 11) is 0. The van der Waals surface area contributed by atoms with Crippen molar-refractivity contribution < 1.29 is 24.5 Å². The molecule has 0 amide bonds. The van der Waals surface area contributed by atoms with E-state index in [4.69, 9.17) is 9.84 Å². The van der Waals surface area contributed by atoms with Gasteiger partial charge in [0.05, 0.1) is 6.10 Å². The first-order valence-electron chi connectivity index (χ1n) is 6.46. The Bertz CT molecular complexity index is 377. The maximum absolute atomic E-state index is 11.5. The van der Waals surface area contributed by atoms with Gasteiger partial charge in [-0.05, 0) is 31.6 Å². The van der Waals surface area contributed by atoms with E-state index in [2.05, 4.69) is 16.8 Å². The van der Waals surface area contributed by atoms with Crippen LogP contribution in [0, 0.1) is 23.4 Å². The molecule has 0 heterocycles. The molecule has 0 aromatic rings. The minimum Gasteiger partial charge on any atom is -0.429 e. The lowest BCUT2D eigenvalue weighted by Gasteiger charge is -2.43. The summed E-state index contributed by atoms with van der Waals surface area (Å²) in [5, 5.41) is 18.7. The molecule has 1 aliphatic carbocycles. The lowest BCUT2D eigenvalue weighted by Crippen LogP contribution is -2.46. The zero-order valence-electron chi connectivity index (χ0n) is 11.8. The van der Waals surface area contributed by atoms with Crippen molar-refractivity contribution in [3.8, 4) is 12.0 Å². The standard InChI is InChI=1S/C14H22O5/c1-9-7-11(16)8-14(3,4)12(9)19-13(17)18-6-5-10(2)15/h9-12,15-16H,7-8H2,1-4H3/t9-,10?,11-,12?/m1/s1. The van der Waals surface area contributed by atoms with Crippen LogP contribution in [0.2, 0.25) is 0 Å². The van der Waals surface area contributed by atoms with E-state index < -0.39 is 12.3 Å². The second-order valence-electron chi connectivity index (χ2n) is 5.87. The smallest absolute Gasteiger partial charge is 0.429 e. The topological polar surface area (TPSA) is 76.0 Å². The van der Waals surface area contributed by atoms with Crippen molar-refractivity contribution >= 4 is 6.16 Å². The van der Waals surface area contributed by atoms with Crippen LogP contribution in [0.5, 0.6) is 0 Å². The van der Waals surface area contributed by atoms with Gasteiger partial charge in [0, 0.05) is 5.41 Å². The number of aliphatic hydroxyl groups is 2. The second-order valence-corrected chi connectivity index (χ2v) is 5.87. The molecule has 108 valence electrons. The average Bonchev–Trinajstić information content (AvgIpc) is 2.22. The van der Waals surface area contributed by atoms with Crippen molar-refractivity contribution in [1.82, 2.24) is 0 Å². The van der Waals surface area contributed by atoms with E-state index in [-0.39, 0.29) is 23.5 Å². The molecule has 0 aromatic carbocycles. The molecule has 2 unspecified atom stereocenters. The van der Waals surface area contributed by atoms with E-state index in [9.17, 15) is 9.90 Å². The van der Waals surface area contributed by atoms with Crippen LogP contribution < -0.4 is 0 Å². The van der Waals surface area contributed by atoms with Gasteiger partial charge in [-0.25, -0.2) is 4.79 Å². The molecule has 5 nitrogen and oxygen atoms in total. The molecule has 2 N–H and O–H groups in total. The predicted octanol–water partition coefficient (Wildman–Crippen LogP) is 1.67. The average molecular weight is 270 g/mol. The Morgan fingerprint density at radius 3 is 2.63 bits per heavy atom. The Labute approximate surface area is 113 Å². The van der Waals surface area contributed by atoms with Gasteiger partial charge in [-0.1, -0.05) is 20.8 Å². The summed E-state index contributed by atoms with van der Waals surface area (Å²) in [4.78, 5) is 11.5. The Morgan fingerprint density at radius 2 is 2.11 bits per heavy atom. The van der Waals surface area contributed by atoms with Gasteiger partial charge in [0.1, 0.15) is 18.3 Å². The number of carbonyl (C=O) groups is 1. The van der Waals surface area contributed by atoms with Crippen molar-refractivity contribution in [3.05, 3.63) is 0 Å². The third-order valence-corrected chi connectivity index (χ3v) is 3.32. The van der Waals surface area contributed by atoms with Crippen LogP contribution in [-0.4, -0.2) is 34.7 Å². The maximum atomic E-state index is 11.5. The monoisotopic (exact) mass is 270 g/mol. The maximum Gasteiger partial charge on any atom is 0.522 e. The van der Waals surface area contributed by atoms with Crippen molar-refractivity contribution in [2.24, 2.45) is 11.3 Å². The summed E-state index contributed by atoms with van der Waals surface area (Å²) in [6.07, 6.45) is 0.870. The molecule has 0 aliphatic heterocycles. The van der Waals surface area contributed by atoms with Crippen molar-refractivity contribution in [3.63, 3.8) is 0 Å². The molecule has 1 aliphatic rings. The normalized spacial score (nSPS) is 30.7. The number of hydrogen-bond acceptors (Lipinski definition) is 5. The number of aliphatic hydroxyl groups excluding tert-OH is 2. The van der Waals surface area contributed by atoms with Crippen LogP contribution in [0.15, 0.2) is 0 Å². The third-order valence-electron chi connectivity index (χ3n) is 3.32. The third kappa shape index (κ3) is 4.73. The Hall–Kier alpha value is -1.25. The van der Waals surface area contributed by atoms with E-state index in [1.807, 2.05) is 20.8 Å². The molecular formula is C14H22O5. The molecular weight excluding hydrogens is 248 g/mol. The molecule has 0 bridgehead atoms. The van der Waals surface area contributed by atoms with Crippen LogP contribution in [0.1, 0.15) is 40.5 Å². The number of carbonyl (C=O) groups excluding carboxylic acids is 1. The molecule has 0 radical (unpaired) electrons. The Balaban J connectivity index is 2.60. The summed E-state index contributed by atoms with van der Waals surface area (Å²) in [5.41, 5.74) is -0.312. The number of rotatable bonds is 1. The molecule has 4 atom stereocenters. The molecule has 5 heteroatoms. The fourth-order valence-electron chi connectivity index (χ4n) is 2.69. The Morgan fingerprint density at radius 1 is 1.47 bits per heavy atom. The zero-order chi connectivity index (χ0) is 14.6. The zero-order valence-corrected chi connectivity index (χ0v) is 11.8. The van der Waals surface area contributed by atoms with E-state index in [0.717, 1.165) is 0 Å². The van der Waals surface area contributed by atoms with Crippen LogP contribution in [0.25, 0.3) is 0 Å². The molecule has 1 fully saturated rings. The summed E-state index contributed by atoms with van der Waals surface area (Å²) in [6.45, 7) is 7.30. The minimum atomic E-state index is -0.866. The van der Waals surface area contributed by atoms with Gasteiger partial charge in [0.25, 0.3) is 0 Å². The Kier molecular flexibility index (Phi) is 5.21. The first-order chi connectivity index (χ1) is 8.72. The molecule has 0 aromatic heterocycles. The van der Waals surface area contributed by atoms with Crippen LogP contribution in [0.3, 0.4) is 0 Å². The summed E-state index contributed by atoms with van der Waals surface area (Å²) in [5.74, 6) is 2.35. The van der Waals surface area contributed by atoms with Gasteiger partial charge in [0.15, 0.2) is 0 Å². The van der Waals surface area contributed by atoms with E-state index in [0.29, 0.717) is 12.8 Å². The SMILES string of the molecule is CC(O)C#COC(=O)OC1[C@H](C)C[C@@H](O)CC1(C)C. The highest BCUT2D eigenvalue weighted by Gasteiger charge is 2.43. The second kappa shape index (κ2) is 6.27. The van der Waals surface area contributed by atoms with Gasteiger partial charge >= 0.3 is 6.16 Å². The summed E-state index contributed by atoms with van der Waals surface area (Å²) in [6, 6.07) is 0. The molecule has 0 saturated heterocycles. The van der Waals surface area contributed by atoms with Gasteiger partial charge in [0.2, 0.25) is 0 Å². The number of hydrogen-bond donors (Lipinski definition) is 2. The lowest BCUT2D eigenvalue weighted by molar-refractivity contribution is -0.0901. The van der Waals surface area contributed by atoms with Crippen LogP contribution in [0.4, 0.5) is 4.79 Å². The van der Waals surface area contributed by atoms with Crippen molar-refractivity contribution in [2.75, 3.05) is 0 Å². The van der Waals surface area contributed by atoms with Crippen LogP contribution in [-0.2, 0) is 9.47 Å². The minimum absolute atomic E-state index is 0.0519. The van der Waals surface area contributed by atoms with Gasteiger partial charge in [-0.15, -0.1) is 0 Å². The lowest BCUT2D eigenvalue weighted by atomic mass is 9.69. The fraction of sp³-hybridized carbons (Fsp3) is 0.786. The number of ether oxygens (including phenoxy) is 2. The molecule has 0 spiro atoms. The summed E-state index contributed by atoms with van der Waals surface area (Å²) >= 11 is 0. The molecule has 1 rings (SSSR count). The van der Waals surface area contributed by atoms with Gasteiger partial charge < -0.3 is 19.7 Å². The molecule has 1 saturated carbocycles. The summed E-state index contributed by atoms with van der Waals surface area (Å²) < 4.78 is 9.87. The van der Waals surface area contributed by atoms with E-state index in [1.165, 1.54) is 6.92 Å². The largest absolute Gasteiger partial charge is 0.522 e. The van der Waals surface area contributed by atoms with Gasteiger partial charge in [-0.2, -0.15) is 0 Å². The van der Waals surface area contributed by atoms with Crippen molar-refractivity contribution in [2.45, 2.75) is 58.8 Å². The first-order valence-corrected chi connectivity index (χ1v) is 6.46. The van der Waals surface area contributed by atoms with Crippen molar-refractivity contribution in [1.29, 1.82) is 0 Å². The van der Waals surface area contributed by atoms with E-state index >= 15 is 0 Å². The predicted molar refractivity (Wildman–Crippen MR) is 69.0 cm³/mol. The van der Waals surface area contributed by atoms with Gasteiger partial charge in [-0.3, -0.25) is 0 Å². The van der Waals surface area contributed by atoms with Crippen LogP contribution >= 0.6 is 0 Å².